The summed E-state index contributed by atoms with van der Waals surface area (Å²) in [5.74, 6) is 1.12. The highest BCUT2D eigenvalue weighted by atomic mass is 19.1. The molecule has 2 amide bonds. The minimum atomic E-state index is -0.352. The number of piperazine rings is 1. The lowest BCUT2D eigenvalue weighted by atomic mass is 9.73. The summed E-state index contributed by atoms with van der Waals surface area (Å²) in [5, 5.41) is 0. The first-order valence-corrected chi connectivity index (χ1v) is 15.0. The predicted molar refractivity (Wildman–Crippen MR) is 155 cm³/mol. The quantitative estimate of drug-likeness (QED) is 0.571. The van der Waals surface area contributed by atoms with Crippen LogP contribution in [0.5, 0.6) is 5.75 Å². The molecular weight excluding hydrogens is 507 g/mol. The lowest BCUT2D eigenvalue weighted by Gasteiger charge is -2.44. The maximum Gasteiger partial charge on any atom is 0.236 e. The fourth-order valence-electron chi connectivity index (χ4n) is 6.50. The average molecular weight is 551 g/mol. The van der Waals surface area contributed by atoms with Crippen LogP contribution in [-0.2, 0) is 16.0 Å². The van der Waals surface area contributed by atoms with Crippen LogP contribution in [0.25, 0.3) is 0 Å². The van der Waals surface area contributed by atoms with Gasteiger partial charge >= 0.3 is 0 Å². The molecule has 3 aliphatic rings. The number of piperidine rings is 1. The van der Waals surface area contributed by atoms with Gasteiger partial charge in [0.2, 0.25) is 11.8 Å². The molecule has 0 atom stereocenters. The maximum atomic E-state index is 13.9. The van der Waals surface area contributed by atoms with E-state index in [1.54, 1.807) is 12.1 Å². The second-order valence-electron chi connectivity index (χ2n) is 11.4. The summed E-state index contributed by atoms with van der Waals surface area (Å²) in [5.41, 5.74) is 1.89. The van der Waals surface area contributed by atoms with Gasteiger partial charge in [0.1, 0.15) is 18.2 Å². The molecule has 5 rings (SSSR count). The number of hydrogen-bond donors (Lipinski definition) is 0. The Balaban J connectivity index is 1.15. The number of fused-ring (bicyclic) bond motifs is 1. The fourth-order valence-corrected chi connectivity index (χ4v) is 6.50. The number of carbonyl (C=O) groups excluding carboxylic acids is 2. The van der Waals surface area contributed by atoms with Crippen molar-refractivity contribution in [2.75, 3.05) is 70.4 Å². The number of amides is 2. The maximum absolute atomic E-state index is 13.9. The molecule has 8 heteroatoms. The van der Waals surface area contributed by atoms with Crippen LogP contribution in [0.2, 0.25) is 0 Å². The van der Waals surface area contributed by atoms with Crippen LogP contribution >= 0.6 is 0 Å². The molecule has 3 aliphatic heterocycles. The molecule has 7 nitrogen and oxygen atoms in total. The second-order valence-corrected chi connectivity index (χ2v) is 11.4. The van der Waals surface area contributed by atoms with Crippen LogP contribution in [0, 0.1) is 11.2 Å². The van der Waals surface area contributed by atoms with E-state index in [2.05, 4.69) is 28.9 Å². The van der Waals surface area contributed by atoms with Gasteiger partial charge in [-0.2, -0.15) is 0 Å². The Labute approximate surface area is 237 Å². The molecule has 0 aromatic heterocycles. The summed E-state index contributed by atoms with van der Waals surface area (Å²) in [4.78, 5) is 35.4. The number of hydrogen-bond acceptors (Lipinski definition) is 5. The third kappa shape index (κ3) is 6.60. The van der Waals surface area contributed by atoms with Crippen molar-refractivity contribution < 1.29 is 18.7 Å². The Morgan fingerprint density at radius 2 is 1.62 bits per heavy atom. The van der Waals surface area contributed by atoms with Gasteiger partial charge in [0.15, 0.2) is 0 Å². The third-order valence-corrected chi connectivity index (χ3v) is 9.06. The molecule has 2 aromatic rings. The van der Waals surface area contributed by atoms with Gasteiger partial charge in [-0.1, -0.05) is 24.6 Å². The minimum absolute atomic E-state index is 0.158. The number of likely N-dealkylation sites (tertiary alicyclic amines) is 1. The van der Waals surface area contributed by atoms with E-state index < -0.39 is 0 Å². The van der Waals surface area contributed by atoms with Crippen LogP contribution in [0.1, 0.15) is 44.6 Å². The first kappa shape index (κ1) is 28.4. The van der Waals surface area contributed by atoms with Gasteiger partial charge in [-0.3, -0.25) is 14.5 Å². The molecule has 0 unspecified atom stereocenters. The number of ether oxygens (including phenoxy) is 1. The number of para-hydroxylation sites is 1. The molecule has 2 saturated heterocycles. The molecule has 2 aromatic carbocycles. The summed E-state index contributed by atoms with van der Waals surface area (Å²) < 4.78 is 19.4. The van der Waals surface area contributed by atoms with Crippen LogP contribution in [0.3, 0.4) is 0 Å². The van der Waals surface area contributed by atoms with E-state index in [1.165, 1.54) is 17.7 Å². The number of nitrogens with zero attached hydrogens (tertiary/aromatic N) is 4. The topological polar surface area (TPSA) is 56.3 Å². The van der Waals surface area contributed by atoms with Crippen molar-refractivity contribution in [3.05, 3.63) is 59.9 Å². The Morgan fingerprint density at radius 3 is 2.35 bits per heavy atom. The van der Waals surface area contributed by atoms with Crippen LogP contribution in [-0.4, -0.2) is 92.0 Å². The van der Waals surface area contributed by atoms with Crippen molar-refractivity contribution in [3.63, 3.8) is 0 Å². The van der Waals surface area contributed by atoms with E-state index in [0.29, 0.717) is 39.3 Å². The first-order chi connectivity index (χ1) is 19.5. The molecular formula is C32H43FN4O3. The highest BCUT2D eigenvalue weighted by Gasteiger charge is 2.43. The van der Waals surface area contributed by atoms with Crippen molar-refractivity contribution >= 4 is 17.5 Å². The summed E-state index contributed by atoms with van der Waals surface area (Å²) in [6.07, 6.45) is 5.50. The standard InChI is InChI=1S/C32H43FN4O3/c1-2-35-23-24-40-29-9-4-3-7-26(29)8-5-6-14-32(31(35)39)15-17-34(18-16-32)25-30(38)37-21-19-36(20-22-37)28-12-10-27(33)11-13-28/h3-4,7,9-13H,2,5-6,8,14-25H2,1H3. The average Bonchev–Trinajstić information content (AvgIpc) is 2.99. The van der Waals surface area contributed by atoms with Gasteiger partial charge in [-0.15, -0.1) is 0 Å². The minimum Gasteiger partial charge on any atom is -0.491 e. The molecule has 0 radical (unpaired) electrons. The van der Waals surface area contributed by atoms with Gasteiger partial charge in [0, 0.05) is 38.4 Å². The number of halogens is 1. The highest BCUT2D eigenvalue weighted by Crippen LogP contribution is 2.39. The number of carbonyl (C=O) groups is 2. The van der Waals surface area contributed by atoms with Gasteiger partial charge in [-0.25, -0.2) is 4.39 Å². The fraction of sp³-hybridized carbons (Fsp3) is 0.562. The number of anilines is 1. The molecule has 2 fully saturated rings. The van der Waals surface area contributed by atoms with Crippen molar-refractivity contribution in [1.29, 1.82) is 0 Å². The van der Waals surface area contributed by atoms with Crippen LogP contribution in [0.4, 0.5) is 10.1 Å². The van der Waals surface area contributed by atoms with E-state index in [0.717, 1.165) is 76.1 Å². The van der Waals surface area contributed by atoms with Crippen molar-refractivity contribution in [2.45, 2.75) is 45.4 Å². The normalized spacial score (nSPS) is 20.9. The summed E-state index contributed by atoms with van der Waals surface area (Å²) in [7, 11) is 0. The Bertz CT molecular complexity index is 1140. The SMILES string of the molecule is CCN1CCOc2ccccc2CCCCC2(CCN(CC(=O)N3CCN(c4ccc(F)cc4)CC3)CC2)C1=O. The van der Waals surface area contributed by atoms with Crippen LogP contribution < -0.4 is 9.64 Å². The molecule has 40 heavy (non-hydrogen) atoms. The van der Waals surface area contributed by atoms with E-state index in [9.17, 15) is 14.0 Å². The molecule has 0 aliphatic carbocycles. The molecule has 3 heterocycles. The zero-order chi connectivity index (χ0) is 28.0. The lowest BCUT2D eigenvalue weighted by molar-refractivity contribution is -0.146. The van der Waals surface area contributed by atoms with Crippen molar-refractivity contribution in [3.8, 4) is 5.75 Å². The molecule has 216 valence electrons. The zero-order valence-corrected chi connectivity index (χ0v) is 23.8. The highest BCUT2D eigenvalue weighted by molar-refractivity contribution is 5.83. The Hall–Kier alpha value is -3.13. The number of aryl methyl sites for hydroxylation is 1. The first-order valence-electron chi connectivity index (χ1n) is 15.0. The molecule has 0 bridgehead atoms. The van der Waals surface area contributed by atoms with Crippen molar-refractivity contribution in [2.24, 2.45) is 5.41 Å². The largest absolute Gasteiger partial charge is 0.491 e. The monoisotopic (exact) mass is 550 g/mol. The van der Waals surface area contributed by atoms with E-state index >= 15 is 0 Å². The van der Waals surface area contributed by atoms with E-state index in [4.69, 9.17) is 4.74 Å². The van der Waals surface area contributed by atoms with Gasteiger partial charge in [0.05, 0.1) is 18.5 Å². The molecule has 1 spiro atoms. The van der Waals surface area contributed by atoms with Crippen molar-refractivity contribution in [1.82, 2.24) is 14.7 Å². The second kappa shape index (κ2) is 13.0. The number of likely N-dealkylation sites (N-methyl/N-ethyl adjacent to an activating group) is 1. The van der Waals surface area contributed by atoms with Gasteiger partial charge in [-0.05, 0) is 88.0 Å². The predicted octanol–water partition coefficient (Wildman–Crippen LogP) is 4.21. The number of benzene rings is 2. The Kier molecular flexibility index (Phi) is 9.25. The summed E-state index contributed by atoms with van der Waals surface area (Å²) >= 11 is 0. The van der Waals surface area contributed by atoms with Gasteiger partial charge < -0.3 is 19.4 Å². The summed E-state index contributed by atoms with van der Waals surface area (Å²) in [6, 6.07) is 14.8. The summed E-state index contributed by atoms with van der Waals surface area (Å²) in [6.45, 7) is 8.60. The molecule has 0 N–H and O–H groups in total. The van der Waals surface area contributed by atoms with Crippen LogP contribution in [0.15, 0.2) is 48.5 Å². The molecule has 0 saturated carbocycles. The smallest absolute Gasteiger partial charge is 0.236 e. The third-order valence-electron chi connectivity index (χ3n) is 9.06. The lowest BCUT2D eigenvalue weighted by Crippen LogP contribution is -2.54. The van der Waals surface area contributed by atoms with E-state index in [1.807, 2.05) is 21.9 Å². The van der Waals surface area contributed by atoms with Gasteiger partial charge in [0.25, 0.3) is 0 Å². The zero-order valence-electron chi connectivity index (χ0n) is 23.8. The Morgan fingerprint density at radius 1 is 0.900 bits per heavy atom. The number of rotatable bonds is 4. The van der Waals surface area contributed by atoms with E-state index in [-0.39, 0.29) is 23.0 Å².